The second-order valence-corrected chi connectivity index (χ2v) is 4.84. The zero-order valence-corrected chi connectivity index (χ0v) is 9.71. The molecule has 1 rings (SSSR count). The van der Waals surface area contributed by atoms with Crippen molar-refractivity contribution in [3.8, 4) is 0 Å². The smallest absolute Gasteiger partial charge is 0.0431 e. The monoisotopic (exact) mass is 199 g/mol. The molecule has 1 fully saturated rings. The Hall–Kier alpha value is -0.0800. The summed E-state index contributed by atoms with van der Waals surface area (Å²) in [6.45, 7) is 5.24. The minimum atomic E-state index is 0.358. The van der Waals surface area contributed by atoms with Gasteiger partial charge in [-0.25, -0.2) is 0 Å². The normalized spacial score (nSPS) is 27.2. The average molecular weight is 199 g/mol. The van der Waals surface area contributed by atoms with Crippen molar-refractivity contribution in [3.63, 3.8) is 0 Å². The summed E-state index contributed by atoms with van der Waals surface area (Å²) in [6, 6.07) is 0. The van der Waals surface area contributed by atoms with Crippen molar-refractivity contribution in [1.82, 2.24) is 4.90 Å². The van der Waals surface area contributed by atoms with E-state index in [1.807, 2.05) is 0 Å². The van der Waals surface area contributed by atoms with Crippen LogP contribution in [-0.4, -0.2) is 36.8 Å². The largest absolute Gasteiger partial charge is 0.396 e. The molecule has 0 aliphatic carbocycles. The highest BCUT2D eigenvalue weighted by Crippen LogP contribution is 2.27. The van der Waals surface area contributed by atoms with E-state index in [9.17, 15) is 0 Å². The van der Waals surface area contributed by atoms with E-state index >= 15 is 0 Å². The van der Waals surface area contributed by atoms with E-state index in [2.05, 4.69) is 18.9 Å². The standard InChI is InChI=1S/C12H25NO/c1-11(5-4-10-14)12-6-3-8-13(2)9-7-12/h11-12,14H,3-10H2,1-2H3. The third-order valence-electron chi connectivity index (χ3n) is 3.62. The van der Waals surface area contributed by atoms with Gasteiger partial charge in [-0.15, -0.1) is 0 Å². The first-order chi connectivity index (χ1) is 6.74. The molecule has 1 aliphatic heterocycles. The van der Waals surface area contributed by atoms with Gasteiger partial charge in [0.1, 0.15) is 0 Å². The fraction of sp³-hybridized carbons (Fsp3) is 1.00. The van der Waals surface area contributed by atoms with Crippen LogP contribution in [0.4, 0.5) is 0 Å². The molecule has 14 heavy (non-hydrogen) atoms. The predicted molar refractivity (Wildman–Crippen MR) is 60.3 cm³/mol. The minimum Gasteiger partial charge on any atom is -0.396 e. The second-order valence-electron chi connectivity index (χ2n) is 4.84. The fourth-order valence-corrected chi connectivity index (χ4v) is 2.48. The summed E-state index contributed by atoms with van der Waals surface area (Å²) >= 11 is 0. The summed E-state index contributed by atoms with van der Waals surface area (Å²) < 4.78 is 0. The first kappa shape index (κ1) is 12.0. The van der Waals surface area contributed by atoms with Crippen LogP contribution in [0.1, 0.15) is 39.0 Å². The number of aliphatic hydroxyl groups is 1. The molecule has 1 N–H and O–H groups in total. The third-order valence-corrected chi connectivity index (χ3v) is 3.62. The van der Waals surface area contributed by atoms with Crippen LogP contribution < -0.4 is 0 Å². The van der Waals surface area contributed by atoms with Crippen molar-refractivity contribution in [2.24, 2.45) is 11.8 Å². The van der Waals surface area contributed by atoms with Crippen molar-refractivity contribution in [3.05, 3.63) is 0 Å². The Morgan fingerprint density at radius 3 is 2.86 bits per heavy atom. The topological polar surface area (TPSA) is 23.5 Å². The number of nitrogens with zero attached hydrogens (tertiary/aromatic N) is 1. The van der Waals surface area contributed by atoms with Gasteiger partial charge in [-0.05, 0) is 64.1 Å². The molecule has 0 aromatic heterocycles. The number of hydrogen-bond donors (Lipinski definition) is 1. The first-order valence-electron chi connectivity index (χ1n) is 6.03. The van der Waals surface area contributed by atoms with E-state index in [4.69, 9.17) is 5.11 Å². The second kappa shape index (κ2) is 6.41. The Kier molecular flexibility index (Phi) is 5.49. The molecule has 0 amide bonds. The molecule has 84 valence electrons. The molecule has 2 unspecified atom stereocenters. The molecule has 0 aromatic carbocycles. The van der Waals surface area contributed by atoms with Crippen LogP contribution in [0.2, 0.25) is 0 Å². The molecule has 1 aliphatic rings. The summed E-state index contributed by atoms with van der Waals surface area (Å²) in [5.74, 6) is 1.69. The lowest BCUT2D eigenvalue weighted by molar-refractivity contribution is 0.241. The molecular formula is C12H25NO. The molecule has 0 radical (unpaired) electrons. The van der Waals surface area contributed by atoms with E-state index in [-0.39, 0.29) is 0 Å². The zero-order valence-electron chi connectivity index (χ0n) is 9.71. The Morgan fingerprint density at radius 1 is 1.36 bits per heavy atom. The maximum Gasteiger partial charge on any atom is 0.0431 e. The zero-order chi connectivity index (χ0) is 10.4. The number of likely N-dealkylation sites (tertiary alicyclic amines) is 1. The van der Waals surface area contributed by atoms with Crippen LogP contribution in [0.3, 0.4) is 0 Å². The first-order valence-corrected chi connectivity index (χ1v) is 6.03. The fourth-order valence-electron chi connectivity index (χ4n) is 2.48. The summed E-state index contributed by atoms with van der Waals surface area (Å²) in [7, 11) is 2.22. The maximum atomic E-state index is 8.80. The Balaban J connectivity index is 2.27. The molecule has 1 saturated heterocycles. The van der Waals surface area contributed by atoms with Gasteiger partial charge in [0.05, 0.1) is 0 Å². The molecule has 2 atom stereocenters. The highest BCUT2D eigenvalue weighted by Gasteiger charge is 2.19. The highest BCUT2D eigenvalue weighted by atomic mass is 16.2. The SMILES string of the molecule is CC(CCCO)C1CCCN(C)CC1. The van der Waals surface area contributed by atoms with Crippen LogP contribution in [0.15, 0.2) is 0 Å². The van der Waals surface area contributed by atoms with Gasteiger partial charge in [-0.3, -0.25) is 0 Å². The van der Waals surface area contributed by atoms with Crippen molar-refractivity contribution in [1.29, 1.82) is 0 Å². The molecule has 0 saturated carbocycles. The molecule has 0 spiro atoms. The lowest BCUT2D eigenvalue weighted by Gasteiger charge is -2.22. The summed E-state index contributed by atoms with van der Waals surface area (Å²) in [4.78, 5) is 2.44. The van der Waals surface area contributed by atoms with E-state index in [0.717, 1.165) is 18.3 Å². The van der Waals surface area contributed by atoms with Gasteiger partial charge >= 0.3 is 0 Å². The molecular weight excluding hydrogens is 174 g/mol. The Labute approximate surface area is 88.3 Å². The minimum absolute atomic E-state index is 0.358. The Morgan fingerprint density at radius 2 is 2.14 bits per heavy atom. The maximum absolute atomic E-state index is 8.80. The Bertz CT molecular complexity index is 149. The third kappa shape index (κ3) is 3.97. The van der Waals surface area contributed by atoms with Crippen LogP contribution >= 0.6 is 0 Å². The van der Waals surface area contributed by atoms with Gasteiger partial charge in [0, 0.05) is 6.61 Å². The van der Waals surface area contributed by atoms with Crippen molar-refractivity contribution in [2.75, 3.05) is 26.7 Å². The average Bonchev–Trinajstić information content (AvgIpc) is 2.39. The van der Waals surface area contributed by atoms with E-state index in [0.29, 0.717) is 6.61 Å². The quantitative estimate of drug-likeness (QED) is 0.749. The lowest BCUT2D eigenvalue weighted by atomic mass is 9.85. The summed E-state index contributed by atoms with van der Waals surface area (Å²) in [6.07, 6.45) is 6.27. The number of hydrogen-bond acceptors (Lipinski definition) is 2. The molecule has 2 heteroatoms. The van der Waals surface area contributed by atoms with Crippen molar-refractivity contribution in [2.45, 2.75) is 39.0 Å². The van der Waals surface area contributed by atoms with Gasteiger partial charge in [0.15, 0.2) is 0 Å². The van der Waals surface area contributed by atoms with Crippen LogP contribution in [0, 0.1) is 11.8 Å². The van der Waals surface area contributed by atoms with Gasteiger partial charge in [-0.1, -0.05) is 6.92 Å². The molecule has 1 heterocycles. The van der Waals surface area contributed by atoms with Gasteiger partial charge in [0.25, 0.3) is 0 Å². The van der Waals surface area contributed by atoms with Crippen molar-refractivity contribution >= 4 is 0 Å². The van der Waals surface area contributed by atoms with Gasteiger partial charge < -0.3 is 10.0 Å². The predicted octanol–water partition coefficient (Wildman–Crippen LogP) is 2.13. The van der Waals surface area contributed by atoms with Crippen molar-refractivity contribution < 1.29 is 5.11 Å². The molecule has 0 bridgehead atoms. The molecule has 0 aromatic rings. The van der Waals surface area contributed by atoms with E-state index in [1.165, 1.54) is 38.8 Å². The van der Waals surface area contributed by atoms with Crippen LogP contribution in [-0.2, 0) is 0 Å². The van der Waals surface area contributed by atoms with Gasteiger partial charge in [0.2, 0.25) is 0 Å². The van der Waals surface area contributed by atoms with E-state index in [1.54, 1.807) is 0 Å². The molecule has 2 nitrogen and oxygen atoms in total. The highest BCUT2D eigenvalue weighted by molar-refractivity contribution is 4.72. The summed E-state index contributed by atoms with van der Waals surface area (Å²) in [5, 5.41) is 8.80. The summed E-state index contributed by atoms with van der Waals surface area (Å²) in [5.41, 5.74) is 0. The van der Waals surface area contributed by atoms with Crippen LogP contribution in [0.5, 0.6) is 0 Å². The number of rotatable bonds is 4. The van der Waals surface area contributed by atoms with Gasteiger partial charge in [-0.2, -0.15) is 0 Å². The lowest BCUT2D eigenvalue weighted by Crippen LogP contribution is -2.20. The number of aliphatic hydroxyl groups excluding tert-OH is 1. The van der Waals surface area contributed by atoms with Crippen LogP contribution in [0.25, 0.3) is 0 Å². The van der Waals surface area contributed by atoms with E-state index < -0.39 is 0 Å².